The molecule has 0 heterocycles. The van der Waals surface area contributed by atoms with Crippen LogP contribution in [0.1, 0.15) is 17.5 Å². The average Bonchev–Trinajstić information content (AvgIpc) is 2.96. The van der Waals surface area contributed by atoms with Crippen LogP contribution < -0.4 is 0 Å². The van der Waals surface area contributed by atoms with Gasteiger partial charge in [-0.3, -0.25) is 0 Å². The van der Waals surface area contributed by atoms with Crippen molar-refractivity contribution in [2.75, 3.05) is 0 Å². The first-order chi connectivity index (χ1) is 6.90. The second kappa shape index (κ2) is 2.71. The van der Waals surface area contributed by atoms with Gasteiger partial charge < -0.3 is 5.21 Å². The molecule has 2 atom stereocenters. The predicted molar refractivity (Wildman–Crippen MR) is 55.4 cm³/mol. The molecule has 1 fully saturated rings. The monoisotopic (exact) mass is 185 g/mol. The lowest BCUT2D eigenvalue weighted by molar-refractivity contribution is 0.317. The largest absolute Gasteiger partial charge is 0.411 e. The molecule has 0 unspecified atom stereocenters. The van der Waals surface area contributed by atoms with Crippen molar-refractivity contribution in [3.8, 4) is 0 Å². The van der Waals surface area contributed by atoms with E-state index in [1.807, 2.05) is 18.2 Å². The highest BCUT2D eigenvalue weighted by molar-refractivity contribution is 6.07. The summed E-state index contributed by atoms with van der Waals surface area (Å²) in [5, 5.41) is 12.5. The van der Waals surface area contributed by atoms with E-state index in [0.29, 0.717) is 11.8 Å². The van der Waals surface area contributed by atoms with E-state index in [1.54, 1.807) is 0 Å². The molecule has 0 radical (unpaired) electrons. The molecule has 1 aromatic rings. The van der Waals surface area contributed by atoms with Crippen LogP contribution in [-0.4, -0.2) is 10.9 Å². The number of rotatable bonds is 0. The van der Waals surface area contributed by atoms with Gasteiger partial charge in [-0.1, -0.05) is 41.6 Å². The van der Waals surface area contributed by atoms with Crippen molar-refractivity contribution >= 4 is 11.8 Å². The number of allylic oxidation sites excluding steroid dienone is 1. The van der Waals surface area contributed by atoms with E-state index in [9.17, 15) is 0 Å². The minimum atomic E-state index is 0.444. The van der Waals surface area contributed by atoms with Gasteiger partial charge in [-0.05, 0) is 17.9 Å². The fourth-order valence-electron chi connectivity index (χ4n) is 2.17. The molecule has 0 bridgehead atoms. The number of oxime groups is 1. The van der Waals surface area contributed by atoms with E-state index in [2.05, 4.69) is 23.4 Å². The number of benzene rings is 1. The van der Waals surface area contributed by atoms with Crippen LogP contribution in [0.25, 0.3) is 6.08 Å². The Labute approximate surface area is 82.6 Å². The third-order valence-electron chi connectivity index (χ3n) is 3.06. The van der Waals surface area contributed by atoms with Crippen molar-refractivity contribution in [2.45, 2.75) is 6.42 Å². The van der Waals surface area contributed by atoms with Gasteiger partial charge in [0.15, 0.2) is 0 Å². The fraction of sp³-hybridized carbons (Fsp3) is 0.250. The number of fused-ring (bicyclic) bond motifs is 2. The van der Waals surface area contributed by atoms with Gasteiger partial charge in [0.1, 0.15) is 0 Å². The first kappa shape index (κ1) is 7.80. The maximum absolute atomic E-state index is 9.02. The van der Waals surface area contributed by atoms with E-state index in [-0.39, 0.29) is 0 Å². The highest BCUT2D eigenvalue weighted by Crippen LogP contribution is 2.45. The lowest BCUT2D eigenvalue weighted by atomic mass is 10.0. The standard InChI is InChI=1S/C12H11NO/c14-13-12-10-4-2-1-3-8(10)5-6-9-7-11(9)12/h1-6,9,11,14H,7H2/b13-12+/t9-,11-/m1/s1. The lowest BCUT2D eigenvalue weighted by Crippen LogP contribution is -2.05. The van der Waals surface area contributed by atoms with Crippen LogP contribution in [0, 0.1) is 11.8 Å². The topological polar surface area (TPSA) is 32.6 Å². The van der Waals surface area contributed by atoms with E-state index in [4.69, 9.17) is 5.21 Å². The zero-order chi connectivity index (χ0) is 9.54. The highest BCUT2D eigenvalue weighted by atomic mass is 16.4. The van der Waals surface area contributed by atoms with E-state index >= 15 is 0 Å². The molecule has 0 saturated heterocycles. The molecule has 2 aliphatic rings. The number of nitrogens with zero attached hydrogens (tertiary/aromatic N) is 1. The van der Waals surface area contributed by atoms with E-state index in [0.717, 1.165) is 23.3 Å². The summed E-state index contributed by atoms with van der Waals surface area (Å²) in [6.07, 6.45) is 5.49. The van der Waals surface area contributed by atoms with Gasteiger partial charge in [-0.2, -0.15) is 0 Å². The van der Waals surface area contributed by atoms with Crippen LogP contribution in [0.15, 0.2) is 35.5 Å². The fourth-order valence-corrected chi connectivity index (χ4v) is 2.17. The molecule has 0 aromatic heterocycles. The molecule has 0 amide bonds. The quantitative estimate of drug-likeness (QED) is 0.489. The maximum atomic E-state index is 9.02. The minimum absolute atomic E-state index is 0.444. The van der Waals surface area contributed by atoms with Crippen molar-refractivity contribution in [3.05, 3.63) is 41.5 Å². The minimum Gasteiger partial charge on any atom is -0.411 e. The molecule has 1 aromatic carbocycles. The first-order valence-electron chi connectivity index (χ1n) is 4.89. The number of hydrogen-bond acceptors (Lipinski definition) is 2. The Kier molecular flexibility index (Phi) is 1.51. The smallest absolute Gasteiger partial charge is 0.0910 e. The number of hydrogen-bond donors (Lipinski definition) is 1. The first-order valence-corrected chi connectivity index (χ1v) is 4.89. The van der Waals surface area contributed by atoms with Gasteiger partial charge in [0.25, 0.3) is 0 Å². The van der Waals surface area contributed by atoms with Gasteiger partial charge in [-0.25, -0.2) is 0 Å². The summed E-state index contributed by atoms with van der Waals surface area (Å²) in [4.78, 5) is 0. The Morgan fingerprint density at radius 1 is 1.29 bits per heavy atom. The molecule has 2 nitrogen and oxygen atoms in total. The zero-order valence-electron chi connectivity index (χ0n) is 7.72. The molecule has 70 valence electrons. The van der Waals surface area contributed by atoms with Gasteiger partial charge in [0.05, 0.1) is 5.71 Å². The van der Waals surface area contributed by atoms with Crippen LogP contribution in [0.2, 0.25) is 0 Å². The van der Waals surface area contributed by atoms with Crippen molar-refractivity contribution in [1.82, 2.24) is 0 Å². The molecular weight excluding hydrogens is 174 g/mol. The molecule has 1 saturated carbocycles. The third kappa shape index (κ3) is 1.00. The molecule has 0 aliphatic heterocycles. The molecule has 0 spiro atoms. The van der Waals surface area contributed by atoms with Crippen LogP contribution >= 0.6 is 0 Å². The summed E-state index contributed by atoms with van der Waals surface area (Å²) in [6.45, 7) is 0. The second-order valence-corrected chi connectivity index (χ2v) is 3.94. The van der Waals surface area contributed by atoms with Crippen molar-refractivity contribution in [1.29, 1.82) is 0 Å². The molecule has 3 rings (SSSR count). The van der Waals surface area contributed by atoms with Gasteiger partial charge >= 0.3 is 0 Å². The van der Waals surface area contributed by atoms with Crippen LogP contribution in [0.4, 0.5) is 0 Å². The zero-order valence-corrected chi connectivity index (χ0v) is 7.72. The predicted octanol–water partition coefficient (Wildman–Crippen LogP) is 2.53. The summed E-state index contributed by atoms with van der Waals surface area (Å²) in [6, 6.07) is 8.08. The van der Waals surface area contributed by atoms with Gasteiger partial charge in [0, 0.05) is 11.5 Å². The van der Waals surface area contributed by atoms with Gasteiger partial charge in [0.2, 0.25) is 0 Å². The SMILES string of the molecule is O/N=C1\c2ccccc2C=C[C@@H]2C[C@@H]12. The normalized spacial score (nSPS) is 30.7. The average molecular weight is 185 g/mol. The van der Waals surface area contributed by atoms with Crippen LogP contribution in [0.3, 0.4) is 0 Å². The summed E-state index contributed by atoms with van der Waals surface area (Å²) in [7, 11) is 0. The van der Waals surface area contributed by atoms with E-state index in [1.165, 1.54) is 0 Å². The molecule has 2 heteroatoms. The summed E-state index contributed by atoms with van der Waals surface area (Å²) < 4.78 is 0. The van der Waals surface area contributed by atoms with E-state index < -0.39 is 0 Å². The maximum Gasteiger partial charge on any atom is 0.0910 e. The Hall–Kier alpha value is -1.57. The third-order valence-corrected chi connectivity index (χ3v) is 3.06. The molecular formula is C12H11NO. The van der Waals surface area contributed by atoms with Crippen molar-refractivity contribution in [2.24, 2.45) is 17.0 Å². The molecule has 2 aliphatic carbocycles. The Morgan fingerprint density at radius 2 is 2.14 bits per heavy atom. The second-order valence-electron chi connectivity index (χ2n) is 3.94. The van der Waals surface area contributed by atoms with Crippen molar-refractivity contribution in [3.63, 3.8) is 0 Å². The molecule has 1 N–H and O–H groups in total. The Balaban J connectivity index is 2.20. The summed E-state index contributed by atoms with van der Waals surface area (Å²) in [5.41, 5.74) is 3.10. The highest BCUT2D eigenvalue weighted by Gasteiger charge is 2.41. The Bertz CT molecular complexity index is 434. The molecule has 14 heavy (non-hydrogen) atoms. The van der Waals surface area contributed by atoms with Crippen LogP contribution in [0.5, 0.6) is 0 Å². The lowest BCUT2D eigenvalue weighted by Gasteiger charge is -2.05. The summed E-state index contributed by atoms with van der Waals surface area (Å²) in [5.74, 6) is 1.04. The summed E-state index contributed by atoms with van der Waals surface area (Å²) >= 11 is 0. The van der Waals surface area contributed by atoms with Crippen molar-refractivity contribution < 1.29 is 5.21 Å². The van der Waals surface area contributed by atoms with Crippen LogP contribution in [-0.2, 0) is 0 Å². The Morgan fingerprint density at radius 3 is 3.00 bits per heavy atom. The van der Waals surface area contributed by atoms with Gasteiger partial charge in [-0.15, -0.1) is 0 Å².